The summed E-state index contributed by atoms with van der Waals surface area (Å²) < 4.78 is 2.33. The lowest BCUT2D eigenvalue weighted by molar-refractivity contribution is 1.18. The van der Waals surface area contributed by atoms with E-state index in [0.29, 0.717) is 14.5 Å². The fourth-order valence-corrected chi connectivity index (χ4v) is 3.82. The third-order valence-corrected chi connectivity index (χ3v) is 5.36. The fourth-order valence-electron chi connectivity index (χ4n) is 2.65. The molecular formula is C18H13ClN2OS. The molecule has 5 heteroatoms. The van der Waals surface area contributed by atoms with E-state index in [1.807, 2.05) is 49.4 Å². The van der Waals surface area contributed by atoms with Crippen LogP contribution in [0, 0.1) is 13.8 Å². The van der Waals surface area contributed by atoms with Gasteiger partial charge in [-0.05, 0) is 54.8 Å². The first-order chi connectivity index (χ1) is 11.0. The smallest absolute Gasteiger partial charge is 0.267 e. The Bertz CT molecular complexity index is 1170. The summed E-state index contributed by atoms with van der Waals surface area (Å²) in [4.78, 5) is 18.1. The molecule has 23 heavy (non-hydrogen) atoms. The molecule has 0 amide bonds. The molecule has 0 unspecified atom stereocenters. The molecule has 0 bridgehead atoms. The second-order valence-electron chi connectivity index (χ2n) is 5.59. The maximum Gasteiger partial charge on any atom is 0.274 e. The Hall–Kier alpha value is -2.17. The summed E-state index contributed by atoms with van der Waals surface area (Å²) in [6, 6.07) is 11.5. The molecule has 0 aliphatic heterocycles. The highest BCUT2D eigenvalue weighted by molar-refractivity contribution is 7.15. The molecule has 2 aromatic heterocycles. The van der Waals surface area contributed by atoms with E-state index in [2.05, 4.69) is 11.9 Å². The number of rotatable bonds is 1. The third kappa shape index (κ3) is 2.26. The van der Waals surface area contributed by atoms with Gasteiger partial charge in [-0.3, -0.25) is 4.79 Å². The van der Waals surface area contributed by atoms with Crippen LogP contribution in [0.5, 0.6) is 0 Å². The van der Waals surface area contributed by atoms with Gasteiger partial charge in [-0.25, -0.2) is 9.38 Å². The lowest BCUT2D eigenvalue weighted by atomic mass is 10.1. The minimum Gasteiger partial charge on any atom is -0.267 e. The van der Waals surface area contributed by atoms with Crippen LogP contribution in [0.4, 0.5) is 0 Å². The Balaban J connectivity index is 2.05. The van der Waals surface area contributed by atoms with Gasteiger partial charge in [0, 0.05) is 5.02 Å². The monoisotopic (exact) mass is 340 g/mol. The Labute approximate surface area is 141 Å². The predicted octanol–water partition coefficient (Wildman–Crippen LogP) is 3.73. The van der Waals surface area contributed by atoms with Crippen molar-refractivity contribution in [2.45, 2.75) is 13.8 Å². The van der Waals surface area contributed by atoms with Crippen LogP contribution in [0.3, 0.4) is 0 Å². The molecule has 2 heterocycles. The molecule has 0 atom stereocenters. The summed E-state index contributed by atoms with van der Waals surface area (Å²) in [6.45, 7) is 4.10. The predicted molar refractivity (Wildman–Crippen MR) is 96.6 cm³/mol. The molecule has 0 radical (unpaired) electrons. The van der Waals surface area contributed by atoms with Gasteiger partial charge < -0.3 is 0 Å². The molecule has 4 aromatic rings. The summed E-state index contributed by atoms with van der Waals surface area (Å²) in [5.74, 6) is 0. The first-order valence-corrected chi connectivity index (χ1v) is 8.42. The zero-order valence-electron chi connectivity index (χ0n) is 12.6. The highest BCUT2D eigenvalue weighted by Gasteiger charge is 2.12. The first-order valence-electron chi connectivity index (χ1n) is 7.23. The van der Waals surface area contributed by atoms with Crippen molar-refractivity contribution in [3.8, 4) is 0 Å². The van der Waals surface area contributed by atoms with Crippen LogP contribution in [0.2, 0.25) is 5.02 Å². The minimum atomic E-state index is -0.0457. The average Bonchev–Trinajstić information content (AvgIpc) is 3.00. The van der Waals surface area contributed by atoms with Crippen molar-refractivity contribution < 1.29 is 0 Å². The number of nitrogens with zero attached hydrogens (tertiary/aromatic N) is 2. The zero-order chi connectivity index (χ0) is 16.1. The van der Waals surface area contributed by atoms with E-state index in [0.717, 1.165) is 22.2 Å². The topological polar surface area (TPSA) is 34.4 Å². The lowest BCUT2D eigenvalue weighted by Crippen LogP contribution is -2.22. The molecule has 2 aromatic carbocycles. The Morgan fingerprint density at radius 1 is 1.17 bits per heavy atom. The van der Waals surface area contributed by atoms with Crippen LogP contribution in [0.15, 0.2) is 41.2 Å². The van der Waals surface area contributed by atoms with Crippen molar-refractivity contribution >= 4 is 45.0 Å². The number of benzene rings is 2. The highest BCUT2D eigenvalue weighted by Crippen LogP contribution is 2.21. The molecule has 0 saturated heterocycles. The van der Waals surface area contributed by atoms with Crippen LogP contribution in [-0.2, 0) is 0 Å². The average molecular weight is 341 g/mol. The molecule has 0 spiro atoms. The van der Waals surface area contributed by atoms with Crippen LogP contribution in [-0.4, -0.2) is 9.38 Å². The van der Waals surface area contributed by atoms with Gasteiger partial charge in [-0.15, -0.1) is 0 Å². The summed E-state index contributed by atoms with van der Waals surface area (Å²) >= 11 is 7.57. The lowest BCUT2D eigenvalue weighted by Gasteiger charge is -1.98. The Morgan fingerprint density at radius 3 is 2.70 bits per heavy atom. The molecule has 0 aliphatic carbocycles. The van der Waals surface area contributed by atoms with Crippen molar-refractivity contribution in [1.82, 2.24) is 9.38 Å². The molecule has 0 N–H and O–H groups in total. The molecule has 0 fully saturated rings. The van der Waals surface area contributed by atoms with E-state index in [4.69, 9.17) is 11.6 Å². The van der Waals surface area contributed by atoms with Crippen molar-refractivity contribution in [2.75, 3.05) is 0 Å². The van der Waals surface area contributed by atoms with E-state index < -0.39 is 0 Å². The molecular weight excluding hydrogens is 328 g/mol. The van der Waals surface area contributed by atoms with Gasteiger partial charge in [0.1, 0.15) is 0 Å². The number of hydrogen-bond acceptors (Lipinski definition) is 3. The van der Waals surface area contributed by atoms with Crippen molar-refractivity contribution in [3.05, 3.63) is 73.0 Å². The van der Waals surface area contributed by atoms with E-state index in [9.17, 15) is 4.79 Å². The summed E-state index contributed by atoms with van der Waals surface area (Å²) in [5.41, 5.74) is 4.85. The van der Waals surface area contributed by atoms with Gasteiger partial charge >= 0.3 is 0 Å². The van der Waals surface area contributed by atoms with Crippen molar-refractivity contribution in [3.63, 3.8) is 0 Å². The van der Waals surface area contributed by atoms with Crippen molar-refractivity contribution in [2.24, 2.45) is 0 Å². The van der Waals surface area contributed by atoms with Gasteiger partial charge in [0.15, 0.2) is 4.96 Å². The number of aromatic nitrogens is 2. The third-order valence-electron chi connectivity index (χ3n) is 4.05. The largest absolute Gasteiger partial charge is 0.274 e. The van der Waals surface area contributed by atoms with Gasteiger partial charge in [-0.1, -0.05) is 41.1 Å². The number of aryl methyl sites for hydroxylation is 2. The van der Waals surface area contributed by atoms with E-state index in [1.54, 1.807) is 4.40 Å². The van der Waals surface area contributed by atoms with Crippen LogP contribution in [0.1, 0.15) is 16.7 Å². The maximum absolute atomic E-state index is 12.8. The van der Waals surface area contributed by atoms with Crippen LogP contribution < -0.4 is 10.1 Å². The Kier molecular flexibility index (Phi) is 3.25. The van der Waals surface area contributed by atoms with E-state index in [-0.39, 0.29) is 5.56 Å². The molecule has 3 nitrogen and oxygen atoms in total. The van der Waals surface area contributed by atoms with Gasteiger partial charge in [0.05, 0.1) is 15.6 Å². The SMILES string of the molecule is Cc1cc2nc3sc(=Cc4ccccc4Cl)c(=O)n3c2cc1C. The second kappa shape index (κ2) is 5.18. The number of imidazole rings is 1. The standard InChI is InChI=1S/C18H13ClN2OS/c1-10-7-14-15(8-11(10)2)21-17(22)16(23-18(21)20-14)9-12-5-3-4-6-13(12)19/h3-9H,1-2H3. The fraction of sp³-hybridized carbons (Fsp3) is 0.111. The number of thiazole rings is 1. The molecule has 0 saturated carbocycles. The number of halogens is 1. The molecule has 4 rings (SSSR count). The first kappa shape index (κ1) is 14.4. The normalized spacial score (nSPS) is 12.6. The molecule has 0 aliphatic rings. The van der Waals surface area contributed by atoms with Crippen LogP contribution >= 0.6 is 22.9 Å². The van der Waals surface area contributed by atoms with E-state index in [1.165, 1.54) is 16.9 Å². The quantitative estimate of drug-likeness (QED) is 0.529. The minimum absolute atomic E-state index is 0.0457. The van der Waals surface area contributed by atoms with Gasteiger partial charge in [0.2, 0.25) is 0 Å². The van der Waals surface area contributed by atoms with E-state index >= 15 is 0 Å². The summed E-state index contributed by atoms with van der Waals surface area (Å²) in [5, 5.41) is 0.634. The van der Waals surface area contributed by atoms with Crippen LogP contribution in [0.25, 0.3) is 22.1 Å². The maximum atomic E-state index is 12.8. The Morgan fingerprint density at radius 2 is 1.91 bits per heavy atom. The molecule has 114 valence electrons. The van der Waals surface area contributed by atoms with Crippen molar-refractivity contribution in [1.29, 1.82) is 0 Å². The highest BCUT2D eigenvalue weighted by atomic mass is 35.5. The zero-order valence-corrected chi connectivity index (χ0v) is 14.2. The summed E-state index contributed by atoms with van der Waals surface area (Å²) in [7, 11) is 0. The number of hydrogen-bond donors (Lipinski definition) is 0. The van der Waals surface area contributed by atoms with Gasteiger partial charge in [0.25, 0.3) is 5.56 Å². The number of fused-ring (bicyclic) bond motifs is 3. The second-order valence-corrected chi connectivity index (χ2v) is 7.01. The summed E-state index contributed by atoms with van der Waals surface area (Å²) in [6.07, 6.45) is 1.83. The van der Waals surface area contributed by atoms with Gasteiger partial charge in [-0.2, -0.15) is 0 Å².